The molecular weight excluding hydrogens is 725 g/mol. The van der Waals surface area contributed by atoms with Crippen molar-refractivity contribution in [1.82, 2.24) is 0 Å². The lowest BCUT2D eigenvalue weighted by molar-refractivity contribution is -0.144. The molecule has 0 aromatic heterocycles. The van der Waals surface area contributed by atoms with Gasteiger partial charge in [0.25, 0.3) is 0 Å². The molecule has 0 aliphatic carbocycles. The minimum absolute atomic E-state index is 0. The summed E-state index contributed by atoms with van der Waals surface area (Å²) < 4.78 is 90.7. The zero-order valence-corrected chi connectivity index (χ0v) is 39.2. The van der Waals surface area contributed by atoms with Crippen LogP contribution in [0.15, 0.2) is 36.5 Å². The van der Waals surface area contributed by atoms with E-state index in [0.29, 0.717) is 26.1 Å². The van der Waals surface area contributed by atoms with Gasteiger partial charge in [0.1, 0.15) is 0 Å². The molecule has 0 bridgehead atoms. The number of hydrogen-bond acceptors (Lipinski definition) is 4. The highest BCUT2D eigenvalue weighted by molar-refractivity contribution is 5.69. The van der Waals surface area contributed by atoms with Crippen molar-refractivity contribution in [2.75, 3.05) is 13.2 Å². The van der Waals surface area contributed by atoms with Gasteiger partial charge < -0.3 is 9.47 Å². The minimum Gasteiger partial charge on any atom is -0.466 e. The third kappa shape index (κ3) is 54.1. The lowest BCUT2D eigenvalue weighted by Gasteiger charge is -2.05. The molecular formula is C55H120O4. The fraction of sp³-hybridized carbons (Fsp3) is 0.855. The number of rotatable bonds is 31. The van der Waals surface area contributed by atoms with Crippen LogP contribution in [0.25, 0.3) is 0 Å². The molecule has 4 nitrogen and oxygen atoms in total. The fourth-order valence-electron chi connectivity index (χ4n) is 7.57. The van der Waals surface area contributed by atoms with E-state index in [4.69, 9.17) is 33.2 Å². The summed E-state index contributed by atoms with van der Waals surface area (Å²) in [5.41, 5.74) is 0. The van der Waals surface area contributed by atoms with E-state index in [0.717, 1.165) is 32.1 Å². The van der Waals surface area contributed by atoms with Crippen molar-refractivity contribution in [2.24, 2.45) is 0 Å². The number of ether oxygens (including phenoxy) is 2. The summed E-state index contributed by atoms with van der Waals surface area (Å²) in [7, 11) is 0. The highest BCUT2D eigenvalue weighted by Crippen LogP contribution is 2.14. The van der Waals surface area contributed by atoms with Crippen LogP contribution < -0.4 is 0 Å². The summed E-state index contributed by atoms with van der Waals surface area (Å²) in [5, 5.41) is 0. The Bertz CT molecular complexity index is 961. The van der Waals surface area contributed by atoms with Crippen LogP contribution in [-0.2, 0) is 19.1 Å². The van der Waals surface area contributed by atoms with E-state index in [2.05, 4.69) is 50.3 Å². The summed E-state index contributed by atoms with van der Waals surface area (Å²) in [6.45, 7) is 5.80. The first-order valence-corrected chi connectivity index (χ1v) is 26.0. The van der Waals surface area contributed by atoms with E-state index in [9.17, 15) is 9.59 Å². The normalized spacial score (nSPS) is 16.2. The molecule has 0 amide bonds. The minimum atomic E-state index is 0. The molecule has 1 aliphatic rings. The summed E-state index contributed by atoms with van der Waals surface area (Å²) in [5.74, 6) is 0.0150. The largest absolute Gasteiger partial charge is 0.466 e. The third-order valence-electron chi connectivity index (χ3n) is 11.5. The number of cyclic esters (lactones) is 1. The summed E-state index contributed by atoms with van der Waals surface area (Å²) >= 11 is 0. The topological polar surface area (TPSA) is 52.6 Å². The lowest BCUT2D eigenvalue weighted by Crippen LogP contribution is -2.05. The maximum absolute atomic E-state index is 11.9. The number of carbonyl (C=O) groups excluding carboxylic acids is 2. The van der Waals surface area contributed by atoms with Gasteiger partial charge in [-0.1, -0.05) is 212 Å². The summed E-state index contributed by atoms with van der Waals surface area (Å²) in [4.78, 5) is 23.4. The highest BCUT2D eigenvalue weighted by atomic mass is 16.5. The van der Waals surface area contributed by atoms with Gasteiger partial charge in [-0.25, -0.2) is 0 Å². The van der Waals surface area contributed by atoms with Crippen LogP contribution in [0.5, 0.6) is 0 Å². The van der Waals surface area contributed by atoms with E-state index in [-0.39, 0.29) is 19.4 Å². The molecule has 0 spiro atoms. The second kappa shape index (κ2) is 54.2. The van der Waals surface area contributed by atoms with Crippen molar-refractivity contribution in [3.63, 3.8) is 0 Å². The van der Waals surface area contributed by atoms with Crippen LogP contribution in [-0.4, -0.2) is 25.2 Å². The number of allylic oxidation sites excluding steroid dienone is 6. The Morgan fingerprint density at radius 2 is 0.898 bits per heavy atom. The standard InChI is InChI=1S/C36H68O2.C18H32O2.CH4.8H2/c1-3-5-7-9-11-13-15-17-19-21-23-25-27-29-31-33-35-38-36(37)34-32-30-28-26-24-22-20-18-16-14-12-10-8-6-4-2;19-18-16-14-12-10-8-6-4-2-1-3-5-7-9-11-13-15-17-20-18;;;;;;;;;/h17-20H,3-16,21-35H2,1-2H3;1-2H,3-17H2;1H4;8*1H/b19-17-,20-18-;;;;;;;;;;/i;;;8*1+1D. The van der Waals surface area contributed by atoms with Gasteiger partial charge in [0, 0.05) is 36.6 Å². The molecule has 0 aromatic rings. The molecule has 1 heterocycles. The van der Waals surface area contributed by atoms with E-state index < -0.39 is 0 Å². The van der Waals surface area contributed by atoms with Crippen LogP contribution in [0, 0.1) is 0 Å². The molecule has 0 N–H and O–H groups in total. The average Bonchev–Trinajstić information content (AvgIpc) is 3.46. The number of unbranched alkanes of at least 4 members (excludes halogenated alkanes) is 23. The van der Waals surface area contributed by atoms with E-state index in [1.807, 2.05) is 0 Å². The van der Waals surface area contributed by atoms with Gasteiger partial charge in [0.2, 0.25) is 0 Å². The Morgan fingerprint density at radius 1 is 0.525 bits per heavy atom. The Hall–Kier alpha value is -1.84. The molecule has 0 radical (unpaired) electrons. The molecule has 0 saturated carbocycles. The first-order valence-electron chi connectivity index (χ1n) is 34.0. The predicted molar refractivity (Wildman–Crippen MR) is 278 cm³/mol. The molecule has 0 fully saturated rings. The maximum atomic E-state index is 11.9. The zero-order valence-electron chi connectivity index (χ0n) is 55.2. The fourth-order valence-corrected chi connectivity index (χ4v) is 7.57. The molecule has 0 atom stereocenters. The Morgan fingerprint density at radius 3 is 1.37 bits per heavy atom. The molecule has 4 heteroatoms. The third-order valence-corrected chi connectivity index (χ3v) is 11.5. The monoisotopic (exact) mass is 861 g/mol. The van der Waals surface area contributed by atoms with Gasteiger partial charge in [-0.3, -0.25) is 9.59 Å². The van der Waals surface area contributed by atoms with Crippen LogP contribution in [0.4, 0.5) is 0 Å². The molecule has 0 saturated heterocycles. The van der Waals surface area contributed by atoms with Crippen LogP contribution in [0.1, 0.15) is 315 Å². The molecule has 0 aromatic carbocycles. The van der Waals surface area contributed by atoms with Crippen LogP contribution in [0.2, 0.25) is 0 Å². The van der Waals surface area contributed by atoms with Crippen molar-refractivity contribution >= 4 is 11.9 Å². The van der Waals surface area contributed by atoms with Gasteiger partial charge >= 0.3 is 11.9 Å². The molecule has 1 rings (SSSR count). The van der Waals surface area contributed by atoms with Crippen molar-refractivity contribution in [3.8, 4) is 0 Å². The first-order chi connectivity index (χ1) is 36.7. The average molecular weight is 862 g/mol. The zero-order chi connectivity index (χ0) is 57.9. The Labute approximate surface area is 395 Å². The maximum Gasteiger partial charge on any atom is 0.305 e. The number of hydrogen-bond donors (Lipinski definition) is 0. The van der Waals surface area contributed by atoms with Gasteiger partial charge in [-0.05, 0) is 103 Å². The second-order valence-corrected chi connectivity index (χ2v) is 17.4. The van der Waals surface area contributed by atoms with Crippen LogP contribution >= 0.6 is 0 Å². The molecule has 0 unspecified atom stereocenters. The second-order valence-electron chi connectivity index (χ2n) is 17.4. The predicted octanol–water partition coefficient (Wildman–Crippen LogP) is 20.8. The lowest BCUT2D eigenvalue weighted by atomic mass is 10.1. The quantitative estimate of drug-likeness (QED) is 0.0396. The molecule has 59 heavy (non-hydrogen) atoms. The van der Waals surface area contributed by atoms with Crippen LogP contribution in [0.3, 0.4) is 0 Å². The summed E-state index contributed by atoms with van der Waals surface area (Å²) in [6, 6.07) is 0. The van der Waals surface area contributed by atoms with E-state index >= 15 is 0 Å². The smallest absolute Gasteiger partial charge is 0.305 e. The Kier molecular flexibility index (Phi) is 41.5. The van der Waals surface area contributed by atoms with Crippen molar-refractivity contribution < 1.29 is 42.8 Å². The Balaban J connectivity index is -0.000000120. The highest BCUT2D eigenvalue weighted by Gasteiger charge is 2.04. The SMILES string of the molecule is C.CCCCCCCC/C=C\CCCCCCCCOC(=O)CCCCCCC/C=C\CCCCCCCC.O=C1CCCCCCCC=CCCCCCCCCO1.[2H][2H].[2H][2H].[2H][2H].[2H][2H].[2H][2H].[2H][2H].[2H][2H].[2H][2H]. The van der Waals surface area contributed by atoms with Crippen molar-refractivity contribution in [2.45, 2.75) is 291 Å². The van der Waals surface area contributed by atoms with Crippen molar-refractivity contribution in [3.05, 3.63) is 36.5 Å². The van der Waals surface area contributed by atoms with E-state index in [1.165, 1.54) is 225 Å². The molecule has 364 valence electrons. The summed E-state index contributed by atoms with van der Waals surface area (Å²) in [6.07, 6.45) is 66.4. The number of esters is 2. The van der Waals surface area contributed by atoms with Gasteiger partial charge in [-0.15, -0.1) is 0 Å². The van der Waals surface area contributed by atoms with Gasteiger partial charge in [0.15, 0.2) is 0 Å². The van der Waals surface area contributed by atoms with Gasteiger partial charge in [-0.2, -0.15) is 0 Å². The van der Waals surface area contributed by atoms with Gasteiger partial charge in [0.05, 0.1) is 13.2 Å². The van der Waals surface area contributed by atoms with E-state index in [1.54, 1.807) is 0 Å². The first kappa shape index (κ1) is 45.2. The molecule has 1 aliphatic heterocycles. The van der Waals surface area contributed by atoms with Crippen molar-refractivity contribution in [1.29, 1.82) is 0 Å². The number of carbonyl (C=O) groups is 2.